The maximum atomic E-state index is 15.0. The van der Waals surface area contributed by atoms with Crippen molar-refractivity contribution in [1.29, 1.82) is 0 Å². The normalized spacial score (nSPS) is 17.0. The lowest BCUT2D eigenvalue weighted by Gasteiger charge is -2.28. The predicted octanol–water partition coefficient (Wildman–Crippen LogP) is 6.72. The second kappa shape index (κ2) is 11.8. The number of aryl methyl sites for hydroxylation is 2. The first-order chi connectivity index (χ1) is 19.9. The zero-order chi connectivity index (χ0) is 28.3. The number of pyridine rings is 1. The van der Waals surface area contributed by atoms with Crippen molar-refractivity contribution in [1.82, 2.24) is 25.3 Å². The van der Waals surface area contributed by atoms with E-state index in [1.807, 2.05) is 49.6 Å². The number of hydrogen-bond donors (Lipinski definition) is 3. The van der Waals surface area contributed by atoms with Crippen LogP contribution in [0.1, 0.15) is 29.6 Å². The van der Waals surface area contributed by atoms with Gasteiger partial charge in [0.15, 0.2) is 0 Å². The van der Waals surface area contributed by atoms with Gasteiger partial charge in [0, 0.05) is 41.1 Å². The van der Waals surface area contributed by atoms with Gasteiger partial charge in [-0.1, -0.05) is 19.1 Å². The lowest BCUT2D eigenvalue weighted by Crippen LogP contribution is -2.42. The number of nitrogens with zero attached hydrogens (tertiary/aromatic N) is 4. The third-order valence-corrected chi connectivity index (χ3v) is 8.04. The highest BCUT2D eigenvalue weighted by Gasteiger charge is 2.20. The summed E-state index contributed by atoms with van der Waals surface area (Å²) in [5, 5.41) is 14.6. The van der Waals surface area contributed by atoms with Crippen LogP contribution < -0.4 is 20.7 Å². The first kappa shape index (κ1) is 27.0. The second-order valence-electron chi connectivity index (χ2n) is 10.5. The first-order valence-corrected chi connectivity index (χ1v) is 14.6. The van der Waals surface area contributed by atoms with Gasteiger partial charge in [-0.2, -0.15) is 0 Å². The van der Waals surface area contributed by atoms with Crippen LogP contribution in [0.15, 0.2) is 60.2 Å². The molecule has 4 heterocycles. The van der Waals surface area contributed by atoms with Gasteiger partial charge in [0.2, 0.25) is 11.8 Å². The van der Waals surface area contributed by atoms with Crippen molar-refractivity contribution in [3.8, 4) is 22.9 Å². The Labute approximate surface area is 242 Å². The average Bonchev–Trinajstić information content (AvgIpc) is 3.39. The molecule has 210 valence electrons. The molecule has 2 atom stereocenters. The zero-order valence-electron chi connectivity index (χ0n) is 23.2. The monoisotopic (exact) mass is 569 g/mol. The molecular formula is C31H32FN7OS. The number of hydrogen-bond acceptors (Lipinski definition) is 9. The largest absolute Gasteiger partial charge is 0.437 e. The molecule has 0 bridgehead atoms. The van der Waals surface area contributed by atoms with E-state index in [9.17, 15) is 0 Å². The van der Waals surface area contributed by atoms with Gasteiger partial charge in [0.25, 0.3) is 0 Å². The standard InChI is InChI=1S/C31H32FN7OS/c1-18-13-21(15-33-14-18)38-31-35-12-10-27(39-31)25-5-4-11-34-30(25)40-29-19(2)6-7-23-24(29)8-9-26(32)28(23)36-16-22-17-41-20(3)37-22/h4-12,17-18,21,33,36H,13-16H2,1-3H3,(H,35,38,39)/t18-,21+/m1/s1. The quantitative estimate of drug-likeness (QED) is 0.190. The van der Waals surface area contributed by atoms with Crippen molar-refractivity contribution in [2.75, 3.05) is 23.7 Å². The number of nitrogens with one attached hydrogen (secondary N) is 3. The summed E-state index contributed by atoms with van der Waals surface area (Å²) < 4.78 is 21.6. The number of aromatic nitrogens is 4. The number of thiazole rings is 1. The van der Waals surface area contributed by atoms with Gasteiger partial charge < -0.3 is 20.7 Å². The summed E-state index contributed by atoms with van der Waals surface area (Å²) in [6, 6.07) is 13.0. The summed E-state index contributed by atoms with van der Waals surface area (Å²) in [4.78, 5) is 18.3. The van der Waals surface area contributed by atoms with Crippen LogP contribution >= 0.6 is 11.3 Å². The molecule has 0 amide bonds. The van der Waals surface area contributed by atoms with Crippen molar-refractivity contribution in [3.05, 3.63) is 82.3 Å². The van der Waals surface area contributed by atoms with E-state index >= 15 is 4.39 Å². The number of benzene rings is 2. The number of piperidine rings is 1. The molecule has 8 nitrogen and oxygen atoms in total. The summed E-state index contributed by atoms with van der Waals surface area (Å²) in [5.74, 6) is 1.86. The molecule has 1 aliphatic rings. The second-order valence-corrected chi connectivity index (χ2v) is 11.6. The van der Waals surface area contributed by atoms with E-state index in [-0.39, 0.29) is 11.9 Å². The van der Waals surface area contributed by atoms with Crippen molar-refractivity contribution in [2.45, 2.75) is 39.8 Å². The molecule has 41 heavy (non-hydrogen) atoms. The van der Waals surface area contributed by atoms with E-state index in [1.54, 1.807) is 29.8 Å². The molecule has 0 saturated carbocycles. The molecule has 0 spiro atoms. The Morgan fingerprint density at radius 1 is 1.02 bits per heavy atom. The fourth-order valence-electron chi connectivity index (χ4n) is 5.23. The lowest BCUT2D eigenvalue weighted by molar-refractivity contribution is 0.377. The average molecular weight is 570 g/mol. The number of anilines is 2. The molecule has 5 aromatic rings. The molecule has 0 unspecified atom stereocenters. The fraction of sp³-hybridized carbons (Fsp3) is 0.290. The number of halogens is 1. The van der Waals surface area contributed by atoms with Crippen LogP contribution in [0, 0.1) is 25.6 Å². The van der Waals surface area contributed by atoms with Gasteiger partial charge in [0.1, 0.15) is 11.6 Å². The lowest BCUT2D eigenvalue weighted by atomic mass is 9.98. The van der Waals surface area contributed by atoms with Gasteiger partial charge in [-0.3, -0.25) is 0 Å². The minimum atomic E-state index is -0.332. The van der Waals surface area contributed by atoms with Gasteiger partial charge in [-0.25, -0.2) is 24.3 Å². The van der Waals surface area contributed by atoms with Crippen molar-refractivity contribution < 1.29 is 9.13 Å². The van der Waals surface area contributed by atoms with Crippen molar-refractivity contribution in [3.63, 3.8) is 0 Å². The smallest absolute Gasteiger partial charge is 0.228 e. The van der Waals surface area contributed by atoms with Crippen LogP contribution in [0.5, 0.6) is 11.6 Å². The fourth-order valence-corrected chi connectivity index (χ4v) is 5.85. The van der Waals surface area contributed by atoms with Crippen LogP contribution in [0.4, 0.5) is 16.0 Å². The summed E-state index contributed by atoms with van der Waals surface area (Å²) in [7, 11) is 0. The van der Waals surface area contributed by atoms with Crippen LogP contribution in [0.25, 0.3) is 22.0 Å². The van der Waals surface area contributed by atoms with E-state index in [4.69, 9.17) is 9.72 Å². The Morgan fingerprint density at radius 3 is 2.73 bits per heavy atom. The van der Waals surface area contributed by atoms with Crippen molar-refractivity contribution >= 4 is 33.7 Å². The van der Waals surface area contributed by atoms with Gasteiger partial charge in [-0.05, 0) is 68.6 Å². The van der Waals surface area contributed by atoms with Gasteiger partial charge >= 0.3 is 0 Å². The number of ether oxygens (including phenoxy) is 1. The predicted molar refractivity (Wildman–Crippen MR) is 162 cm³/mol. The Balaban J connectivity index is 1.31. The number of rotatable bonds is 8. The van der Waals surface area contributed by atoms with Crippen LogP contribution in [0.2, 0.25) is 0 Å². The third-order valence-electron chi connectivity index (χ3n) is 7.22. The molecule has 3 N–H and O–H groups in total. The number of fused-ring (bicyclic) bond motifs is 1. The zero-order valence-corrected chi connectivity index (χ0v) is 24.1. The molecule has 10 heteroatoms. The van der Waals surface area contributed by atoms with Crippen LogP contribution in [-0.4, -0.2) is 39.1 Å². The topological polar surface area (TPSA) is 96.9 Å². The van der Waals surface area contributed by atoms with E-state index < -0.39 is 0 Å². The Kier molecular flexibility index (Phi) is 7.76. The summed E-state index contributed by atoms with van der Waals surface area (Å²) in [6.45, 7) is 8.49. The summed E-state index contributed by atoms with van der Waals surface area (Å²) in [5.41, 5.74) is 3.64. The molecular weight excluding hydrogens is 537 g/mol. The maximum Gasteiger partial charge on any atom is 0.228 e. The highest BCUT2D eigenvalue weighted by molar-refractivity contribution is 7.09. The van der Waals surface area contributed by atoms with E-state index in [0.29, 0.717) is 41.4 Å². The van der Waals surface area contributed by atoms with Gasteiger partial charge in [0.05, 0.1) is 34.2 Å². The molecule has 6 rings (SSSR count). The molecule has 3 aromatic heterocycles. The van der Waals surface area contributed by atoms with Crippen LogP contribution in [0.3, 0.4) is 0 Å². The molecule has 0 aliphatic carbocycles. The molecule has 1 saturated heterocycles. The Hall–Kier alpha value is -4.15. The maximum absolute atomic E-state index is 15.0. The van der Waals surface area contributed by atoms with Crippen LogP contribution in [-0.2, 0) is 6.54 Å². The molecule has 2 aromatic carbocycles. The van der Waals surface area contributed by atoms with E-state index in [0.717, 1.165) is 52.1 Å². The first-order valence-electron chi connectivity index (χ1n) is 13.7. The van der Waals surface area contributed by atoms with Crippen molar-refractivity contribution in [2.24, 2.45) is 5.92 Å². The highest BCUT2D eigenvalue weighted by Crippen LogP contribution is 2.39. The van der Waals surface area contributed by atoms with E-state index in [2.05, 4.69) is 37.8 Å². The minimum Gasteiger partial charge on any atom is -0.437 e. The highest BCUT2D eigenvalue weighted by atomic mass is 32.1. The summed E-state index contributed by atoms with van der Waals surface area (Å²) in [6.07, 6.45) is 4.50. The van der Waals surface area contributed by atoms with E-state index in [1.165, 1.54) is 6.07 Å². The molecule has 0 radical (unpaired) electrons. The third kappa shape index (κ3) is 5.98. The molecule has 1 fully saturated rings. The molecule has 1 aliphatic heterocycles. The van der Waals surface area contributed by atoms with Gasteiger partial charge in [-0.15, -0.1) is 11.3 Å². The summed E-state index contributed by atoms with van der Waals surface area (Å²) >= 11 is 1.57. The Morgan fingerprint density at radius 2 is 1.90 bits per heavy atom. The SMILES string of the molecule is Cc1nc(CNc2c(F)ccc3c(Oc4ncccc4-c4ccnc(N[C@@H]5CNC[C@H](C)C5)n4)c(C)ccc23)cs1. The minimum absolute atomic E-state index is 0.264. The Bertz CT molecular complexity index is 1690.